The van der Waals surface area contributed by atoms with E-state index in [1.54, 1.807) is 18.3 Å². The van der Waals surface area contributed by atoms with Crippen LogP contribution in [0, 0.1) is 0 Å². The zero-order valence-electron chi connectivity index (χ0n) is 11.8. The number of halogens is 1. The molecule has 0 aliphatic carbocycles. The minimum absolute atomic E-state index is 0.0751. The summed E-state index contributed by atoms with van der Waals surface area (Å²) in [5, 5.41) is 10.8. The number of carbonyl (C=O) groups excluding carboxylic acids is 1. The minimum Gasteiger partial charge on any atom is -0.311 e. The number of pyridine rings is 1. The van der Waals surface area contributed by atoms with Crippen LogP contribution in [0.4, 0.5) is 5.82 Å². The fraction of sp³-hybridized carbons (Fsp3) is 0.200. The van der Waals surface area contributed by atoms with Crippen molar-refractivity contribution < 1.29 is 9.42 Å². The molecule has 0 bridgehead atoms. The van der Waals surface area contributed by atoms with Crippen molar-refractivity contribution >= 4 is 34.4 Å². The van der Waals surface area contributed by atoms with Crippen LogP contribution in [0.3, 0.4) is 0 Å². The number of carbonyl (C=O) groups is 1. The summed E-state index contributed by atoms with van der Waals surface area (Å²) < 4.78 is 4.68. The number of anilines is 1. The molecule has 0 radical (unpaired) electrons. The van der Waals surface area contributed by atoms with E-state index in [9.17, 15) is 4.79 Å². The molecule has 0 atom stereocenters. The molecule has 3 rings (SSSR count). The van der Waals surface area contributed by atoms with Gasteiger partial charge in [0, 0.05) is 24.2 Å². The van der Waals surface area contributed by atoms with Crippen LogP contribution in [-0.4, -0.2) is 21.2 Å². The molecule has 2 heterocycles. The zero-order valence-corrected chi connectivity index (χ0v) is 12.6. The lowest BCUT2D eigenvalue weighted by molar-refractivity contribution is -0.116. The molecule has 0 saturated heterocycles. The Morgan fingerprint density at radius 3 is 2.86 bits per heavy atom. The Morgan fingerprint density at radius 1 is 1.27 bits per heavy atom. The van der Waals surface area contributed by atoms with E-state index in [-0.39, 0.29) is 5.91 Å². The van der Waals surface area contributed by atoms with Crippen LogP contribution in [0.25, 0.3) is 22.2 Å². The monoisotopic (exact) mass is 316 g/mol. The first kappa shape index (κ1) is 14.5. The van der Waals surface area contributed by atoms with Crippen LogP contribution in [0.15, 0.2) is 35.1 Å². The quantitative estimate of drug-likeness (QED) is 0.794. The number of rotatable bonds is 4. The molecule has 0 fully saturated rings. The highest BCUT2D eigenvalue weighted by atomic mass is 35.5. The molecule has 0 aliphatic heterocycles. The first-order valence-electron chi connectivity index (χ1n) is 6.85. The maximum Gasteiger partial charge on any atom is 0.225 e. The van der Waals surface area contributed by atoms with Crippen molar-refractivity contribution in [3.05, 3.63) is 35.5 Å². The van der Waals surface area contributed by atoms with E-state index in [2.05, 4.69) is 25.2 Å². The SMILES string of the molecule is CCCC(=O)Nc1cc(Cl)c(-c2ccc3nonc3c2)cn1. The number of aromatic nitrogens is 3. The first-order chi connectivity index (χ1) is 10.7. The Hall–Kier alpha value is -2.47. The summed E-state index contributed by atoms with van der Waals surface area (Å²) in [7, 11) is 0. The molecule has 6 nitrogen and oxygen atoms in total. The van der Waals surface area contributed by atoms with Crippen LogP contribution >= 0.6 is 11.6 Å². The summed E-state index contributed by atoms with van der Waals surface area (Å²) in [6, 6.07) is 7.12. The van der Waals surface area contributed by atoms with Crippen LogP contribution < -0.4 is 5.32 Å². The number of hydrogen-bond acceptors (Lipinski definition) is 5. The summed E-state index contributed by atoms with van der Waals surface area (Å²) >= 11 is 6.30. The van der Waals surface area contributed by atoms with Gasteiger partial charge in [-0.2, -0.15) is 0 Å². The third-order valence-corrected chi connectivity index (χ3v) is 3.48. The summed E-state index contributed by atoms with van der Waals surface area (Å²) in [4.78, 5) is 15.8. The molecule has 1 amide bonds. The van der Waals surface area contributed by atoms with E-state index in [4.69, 9.17) is 11.6 Å². The second-order valence-corrected chi connectivity index (χ2v) is 5.22. The van der Waals surface area contributed by atoms with Gasteiger partial charge in [0.25, 0.3) is 0 Å². The lowest BCUT2D eigenvalue weighted by Gasteiger charge is -2.07. The van der Waals surface area contributed by atoms with Gasteiger partial charge in [0.2, 0.25) is 5.91 Å². The van der Waals surface area contributed by atoms with Crippen LogP contribution in [0.1, 0.15) is 19.8 Å². The van der Waals surface area contributed by atoms with Gasteiger partial charge in [-0.3, -0.25) is 4.79 Å². The third kappa shape index (κ3) is 2.92. The highest BCUT2D eigenvalue weighted by Crippen LogP contribution is 2.30. The first-order valence-corrected chi connectivity index (χ1v) is 7.23. The van der Waals surface area contributed by atoms with Gasteiger partial charge in [0.1, 0.15) is 16.9 Å². The molecule has 1 N–H and O–H groups in total. The van der Waals surface area contributed by atoms with Gasteiger partial charge < -0.3 is 5.32 Å². The Morgan fingerprint density at radius 2 is 2.09 bits per heavy atom. The minimum atomic E-state index is -0.0751. The number of nitrogens with one attached hydrogen (secondary N) is 1. The van der Waals surface area contributed by atoms with Crippen molar-refractivity contribution in [3.63, 3.8) is 0 Å². The van der Waals surface area contributed by atoms with Crippen LogP contribution in [0.5, 0.6) is 0 Å². The molecule has 0 spiro atoms. The third-order valence-electron chi connectivity index (χ3n) is 3.16. The molecular weight excluding hydrogens is 304 g/mol. The number of benzene rings is 1. The lowest BCUT2D eigenvalue weighted by atomic mass is 10.1. The molecule has 3 aromatic rings. The van der Waals surface area contributed by atoms with Crippen molar-refractivity contribution in [1.29, 1.82) is 0 Å². The van der Waals surface area contributed by atoms with Crippen molar-refractivity contribution in [3.8, 4) is 11.1 Å². The second-order valence-electron chi connectivity index (χ2n) is 4.82. The van der Waals surface area contributed by atoms with Gasteiger partial charge in [0.15, 0.2) is 0 Å². The molecule has 22 heavy (non-hydrogen) atoms. The zero-order chi connectivity index (χ0) is 15.5. The summed E-state index contributed by atoms with van der Waals surface area (Å²) in [6.45, 7) is 1.94. The molecule has 1 aromatic carbocycles. The second kappa shape index (κ2) is 6.11. The Kier molecular flexibility index (Phi) is 4.02. The maximum atomic E-state index is 11.6. The van der Waals surface area contributed by atoms with Crippen molar-refractivity contribution in [2.24, 2.45) is 0 Å². The molecule has 7 heteroatoms. The van der Waals surface area contributed by atoms with E-state index in [1.807, 2.05) is 19.1 Å². The molecular formula is C15H13ClN4O2. The molecule has 112 valence electrons. The Balaban J connectivity index is 1.89. The maximum absolute atomic E-state index is 11.6. The Bertz CT molecular complexity index is 831. The van der Waals surface area contributed by atoms with E-state index in [1.165, 1.54) is 0 Å². The molecule has 0 unspecified atom stereocenters. The predicted molar refractivity (Wildman–Crippen MR) is 83.6 cm³/mol. The number of amides is 1. The smallest absolute Gasteiger partial charge is 0.225 e. The van der Waals surface area contributed by atoms with Crippen molar-refractivity contribution in [2.45, 2.75) is 19.8 Å². The number of nitrogens with zero attached hydrogens (tertiary/aromatic N) is 3. The van der Waals surface area contributed by atoms with Crippen molar-refractivity contribution in [2.75, 3.05) is 5.32 Å². The summed E-state index contributed by atoms with van der Waals surface area (Å²) in [5.41, 5.74) is 2.93. The average molecular weight is 317 g/mol. The van der Waals surface area contributed by atoms with Gasteiger partial charge in [-0.1, -0.05) is 24.6 Å². The van der Waals surface area contributed by atoms with Crippen molar-refractivity contribution in [1.82, 2.24) is 15.3 Å². The summed E-state index contributed by atoms with van der Waals surface area (Å²) in [5.74, 6) is 0.366. The standard InChI is InChI=1S/C15H13ClN4O2/c1-2-3-15(21)18-14-7-11(16)10(8-17-14)9-4-5-12-13(6-9)20-22-19-12/h4-8H,2-3H2,1H3,(H,17,18,21). The molecule has 0 saturated carbocycles. The van der Waals surface area contributed by atoms with E-state index < -0.39 is 0 Å². The van der Waals surface area contributed by atoms with E-state index in [0.29, 0.717) is 28.3 Å². The van der Waals surface area contributed by atoms with Crippen LogP contribution in [0.2, 0.25) is 5.02 Å². The highest BCUT2D eigenvalue weighted by molar-refractivity contribution is 6.33. The Labute approximate surface area is 131 Å². The largest absolute Gasteiger partial charge is 0.311 e. The fourth-order valence-electron chi connectivity index (χ4n) is 2.09. The van der Waals surface area contributed by atoms with Gasteiger partial charge in [-0.05, 0) is 34.4 Å². The van der Waals surface area contributed by atoms with Gasteiger partial charge in [0.05, 0.1) is 5.02 Å². The fourth-order valence-corrected chi connectivity index (χ4v) is 2.35. The molecule has 2 aromatic heterocycles. The van der Waals surface area contributed by atoms with Gasteiger partial charge in [-0.15, -0.1) is 0 Å². The van der Waals surface area contributed by atoms with Gasteiger partial charge in [-0.25, -0.2) is 9.61 Å². The average Bonchev–Trinajstić information content (AvgIpc) is 2.95. The topological polar surface area (TPSA) is 80.9 Å². The number of fused-ring (bicyclic) bond motifs is 1. The van der Waals surface area contributed by atoms with Gasteiger partial charge >= 0.3 is 0 Å². The summed E-state index contributed by atoms with van der Waals surface area (Å²) in [6.07, 6.45) is 2.86. The molecule has 0 aliphatic rings. The lowest BCUT2D eigenvalue weighted by Crippen LogP contribution is -2.11. The highest BCUT2D eigenvalue weighted by Gasteiger charge is 2.10. The van der Waals surface area contributed by atoms with Crippen LogP contribution in [-0.2, 0) is 4.79 Å². The number of hydrogen-bond donors (Lipinski definition) is 1. The van der Waals surface area contributed by atoms with E-state index >= 15 is 0 Å². The predicted octanol–water partition coefficient (Wildman–Crippen LogP) is 3.68. The van der Waals surface area contributed by atoms with E-state index in [0.717, 1.165) is 17.5 Å². The normalized spacial score (nSPS) is 10.8.